The molecule has 0 aliphatic heterocycles. The summed E-state index contributed by atoms with van der Waals surface area (Å²) in [5.74, 6) is -0.600. The second-order valence-electron chi connectivity index (χ2n) is 4.68. The fraction of sp³-hybridized carbons (Fsp3) is 0.118. The van der Waals surface area contributed by atoms with Gasteiger partial charge in [-0.1, -0.05) is 30.3 Å². The number of hydrogen-bond donors (Lipinski definition) is 0. The molecule has 5 heteroatoms. The number of aromatic nitrogens is 2. The van der Waals surface area contributed by atoms with Crippen molar-refractivity contribution in [3.63, 3.8) is 0 Å². The van der Waals surface area contributed by atoms with E-state index in [0.717, 1.165) is 4.73 Å². The van der Waals surface area contributed by atoms with Crippen LogP contribution in [0.1, 0.15) is 17.4 Å². The molecule has 0 radical (unpaired) electrons. The minimum absolute atomic E-state index is 0.0294. The summed E-state index contributed by atoms with van der Waals surface area (Å²) in [5, 5.41) is 12.7. The molecule has 1 aromatic heterocycles. The molecule has 0 bridgehead atoms. The Labute approximate surface area is 127 Å². The van der Waals surface area contributed by atoms with Gasteiger partial charge < -0.3 is 9.94 Å². The van der Waals surface area contributed by atoms with E-state index in [1.807, 2.05) is 6.07 Å². The first-order valence-electron chi connectivity index (χ1n) is 6.97. The van der Waals surface area contributed by atoms with Gasteiger partial charge in [0, 0.05) is 6.07 Å². The number of benzene rings is 2. The summed E-state index contributed by atoms with van der Waals surface area (Å²) in [4.78, 5) is 16.5. The predicted octanol–water partition coefficient (Wildman–Crippen LogP) is 2.71. The lowest BCUT2D eigenvalue weighted by molar-refractivity contribution is -0.565. The summed E-state index contributed by atoms with van der Waals surface area (Å²) in [7, 11) is 0. The van der Waals surface area contributed by atoms with Gasteiger partial charge in [0.2, 0.25) is 11.2 Å². The average Bonchev–Trinajstić information content (AvgIpc) is 2.56. The number of esters is 1. The van der Waals surface area contributed by atoms with Crippen molar-refractivity contribution in [3.05, 3.63) is 65.5 Å². The lowest BCUT2D eigenvalue weighted by atomic mass is 10.1. The molecule has 22 heavy (non-hydrogen) atoms. The van der Waals surface area contributed by atoms with E-state index in [2.05, 4.69) is 4.98 Å². The Kier molecular flexibility index (Phi) is 3.70. The first-order valence-corrected chi connectivity index (χ1v) is 6.97. The number of fused-ring (bicyclic) bond motifs is 1. The van der Waals surface area contributed by atoms with Crippen LogP contribution < -0.4 is 4.73 Å². The number of rotatable bonds is 3. The molecule has 0 unspecified atom stereocenters. The lowest BCUT2D eigenvalue weighted by Crippen LogP contribution is -2.34. The molecule has 3 aromatic rings. The van der Waals surface area contributed by atoms with Crippen molar-refractivity contribution in [2.45, 2.75) is 6.92 Å². The number of carbonyl (C=O) groups is 1. The van der Waals surface area contributed by atoms with Crippen molar-refractivity contribution >= 4 is 17.0 Å². The van der Waals surface area contributed by atoms with Crippen LogP contribution in [0.4, 0.5) is 0 Å². The van der Waals surface area contributed by atoms with E-state index >= 15 is 0 Å². The molecule has 0 atom stereocenters. The molecule has 2 aromatic carbocycles. The van der Waals surface area contributed by atoms with E-state index in [-0.39, 0.29) is 18.0 Å². The van der Waals surface area contributed by atoms with Crippen LogP contribution in [0, 0.1) is 5.21 Å². The Balaban J connectivity index is 2.33. The van der Waals surface area contributed by atoms with Crippen molar-refractivity contribution in [2.75, 3.05) is 6.61 Å². The third-order valence-electron chi connectivity index (χ3n) is 3.28. The zero-order valence-electron chi connectivity index (χ0n) is 12.0. The van der Waals surface area contributed by atoms with E-state index in [1.165, 1.54) is 0 Å². The van der Waals surface area contributed by atoms with Crippen molar-refractivity contribution in [1.29, 1.82) is 0 Å². The minimum Gasteiger partial charge on any atom is -0.618 e. The van der Waals surface area contributed by atoms with Gasteiger partial charge in [-0.25, -0.2) is 9.78 Å². The Hall–Kier alpha value is -2.95. The van der Waals surface area contributed by atoms with E-state index in [4.69, 9.17) is 4.74 Å². The summed E-state index contributed by atoms with van der Waals surface area (Å²) < 4.78 is 5.78. The van der Waals surface area contributed by atoms with Crippen LogP contribution in [-0.2, 0) is 4.74 Å². The second kappa shape index (κ2) is 5.81. The second-order valence-corrected chi connectivity index (χ2v) is 4.68. The minimum atomic E-state index is -0.600. The molecule has 0 amide bonds. The van der Waals surface area contributed by atoms with Crippen LogP contribution in [0.25, 0.3) is 22.3 Å². The normalized spacial score (nSPS) is 10.6. The Morgan fingerprint density at radius 3 is 2.55 bits per heavy atom. The zero-order valence-corrected chi connectivity index (χ0v) is 12.0. The van der Waals surface area contributed by atoms with Gasteiger partial charge in [-0.15, -0.1) is 0 Å². The van der Waals surface area contributed by atoms with Gasteiger partial charge in [-0.05, 0) is 25.1 Å². The summed E-state index contributed by atoms with van der Waals surface area (Å²) in [6.45, 7) is 1.94. The molecule has 0 fully saturated rings. The maximum Gasteiger partial charge on any atom is 0.364 e. The van der Waals surface area contributed by atoms with E-state index < -0.39 is 5.97 Å². The van der Waals surface area contributed by atoms with Crippen LogP contribution in [0.15, 0.2) is 54.6 Å². The standard InChI is InChI=1S/C17H14N2O3/c1-2-22-17(20)15-16(12-8-4-3-5-9-12)19(21)14-11-7-6-10-13(14)18-15/h3-11H,2H2,1H3. The SMILES string of the molecule is CCOC(=O)c1nc2ccccc2[n+]([O-])c1-c1ccccc1. The summed E-state index contributed by atoms with van der Waals surface area (Å²) in [6.07, 6.45) is 0. The molecule has 0 saturated carbocycles. The number of hydrogen-bond acceptors (Lipinski definition) is 4. The van der Waals surface area contributed by atoms with Gasteiger partial charge in [0.05, 0.1) is 12.2 Å². The molecule has 0 saturated heterocycles. The van der Waals surface area contributed by atoms with Gasteiger partial charge in [0.25, 0.3) is 5.69 Å². The van der Waals surface area contributed by atoms with Crippen molar-refractivity contribution in [2.24, 2.45) is 0 Å². The quantitative estimate of drug-likeness (QED) is 0.423. The Bertz CT molecular complexity index is 832. The Morgan fingerprint density at radius 2 is 1.82 bits per heavy atom. The van der Waals surface area contributed by atoms with Crippen molar-refractivity contribution in [1.82, 2.24) is 4.98 Å². The monoisotopic (exact) mass is 294 g/mol. The lowest BCUT2D eigenvalue weighted by Gasteiger charge is -2.11. The maximum atomic E-state index is 12.7. The van der Waals surface area contributed by atoms with Gasteiger partial charge >= 0.3 is 5.97 Å². The van der Waals surface area contributed by atoms with Crippen molar-refractivity contribution < 1.29 is 14.3 Å². The van der Waals surface area contributed by atoms with Crippen LogP contribution in [0.3, 0.4) is 0 Å². The third-order valence-corrected chi connectivity index (χ3v) is 3.28. The molecule has 1 heterocycles. The van der Waals surface area contributed by atoms with E-state index in [0.29, 0.717) is 16.6 Å². The molecule has 0 spiro atoms. The number of nitrogens with zero attached hydrogens (tertiary/aromatic N) is 2. The van der Waals surface area contributed by atoms with Crippen molar-refractivity contribution in [3.8, 4) is 11.3 Å². The predicted molar refractivity (Wildman–Crippen MR) is 82.1 cm³/mol. The van der Waals surface area contributed by atoms with Gasteiger partial charge in [-0.3, -0.25) is 0 Å². The topological polar surface area (TPSA) is 66.1 Å². The van der Waals surface area contributed by atoms with Crippen LogP contribution in [0.2, 0.25) is 0 Å². The number of para-hydroxylation sites is 2. The zero-order chi connectivity index (χ0) is 15.5. The van der Waals surface area contributed by atoms with Crippen LogP contribution >= 0.6 is 0 Å². The highest BCUT2D eigenvalue weighted by Gasteiger charge is 2.26. The van der Waals surface area contributed by atoms with Crippen LogP contribution in [0.5, 0.6) is 0 Å². The molecular weight excluding hydrogens is 280 g/mol. The Morgan fingerprint density at radius 1 is 1.14 bits per heavy atom. The van der Waals surface area contributed by atoms with Gasteiger partial charge in [0.1, 0.15) is 5.52 Å². The molecule has 5 nitrogen and oxygen atoms in total. The molecule has 110 valence electrons. The molecule has 0 aliphatic carbocycles. The molecule has 0 aliphatic rings. The summed E-state index contributed by atoms with van der Waals surface area (Å²) >= 11 is 0. The van der Waals surface area contributed by atoms with Gasteiger partial charge in [-0.2, -0.15) is 4.73 Å². The first kappa shape index (κ1) is 14.0. The van der Waals surface area contributed by atoms with E-state index in [1.54, 1.807) is 55.5 Å². The van der Waals surface area contributed by atoms with Gasteiger partial charge in [0.15, 0.2) is 0 Å². The number of carbonyl (C=O) groups excluding carboxylic acids is 1. The number of ether oxygens (including phenoxy) is 1. The first-order chi connectivity index (χ1) is 10.7. The highest BCUT2D eigenvalue weighted by molar-refractivity contribution is 5.95. The highest BCUT2D eigenvalue weighted by atomic mass is 16.5. The largest absolute Gasteiger partial charge is 0.618 e. The molecular formula is C17H14N2O3. The molecule has 3 rings (SSSR count). The smallest absolute Gasteiger partial charge is 0.364 e. The maximum absolute atomic E-state index is 12.7. The average molecular weight is 294 g/mol. The fourth-order valence-corrected chi connectivity index (χ4v) is 2.31. The third kappa shape index (κ3) is 2.37. The summed E-state index contributed by atoms with van der Waals surface area (Å²) in [6, 6.07) is 15.9. The fourth-order valence-electron chi connectivity index (χ4n) is 2.31. The molecule has 0 N–H and O–H groups in total. The summed E-state index contributed by atoms with van der Waals surface area (Å²) in [5.41, 5.74) is 1.73. The van der Waals surface area contributed by atoms with E-state index in [9.17, 15) is 10.0 Å². The van der Waals surface area contributed by atoms with Crippen LogP contribution in [-0.4, -0.2) is 17.6 Å². The highest BCUT2D eigenvalue weighted by Crippen LogP contribution is 2.22.